The molecule has 0 unspecified atom stereocenters. The van der Waals surface area contributed by atoms with Gasteiger partial charge >= 0.3 is 6.09 Å². The van der Waals surface area contributed by atoms with Crippen molar-refractivity contribution in [3.8, 4) is 5.82 Å². The van der Waals surface area contributed by atoms with E-state index in [0.29, 0.717) is 22.1 Å². The van der Waals surface area contributed by atoms with Crippen LogP contribution in [0.3, 0.4) is 0 Å². The van der Waals surface area contributed by atoms with Crippen LogP contribution in [0.25, 0.3) is 22.8 Å². The highest BCUT2D eigenvalue weighted by Gasteiger charge is 2.16. The molecule has 3 aromatic rings. The molecular weight excluding hydrogens is 380 g/mol. The van der Waals surface area contributed by atoms with Gasteiger partial charge in [-0.2, -0.15) is 5.10 Å². The van der Waals surface area contributed by atoms with Crippen molar-refractivity contribution in [2.45, 2.75) is 6.92 Å². The third kappa shape index (κ3) is 3.44. The van der Waals surface area contributed by atoms with Gasteiger partial charge < -0.3 is 9.67 Å². The number of amides is 1. The van der Waals surface area contributed by atoms with E-state index in [9.17, 15) is 13.2 Å². The van der Waals surface area contributed by atoms with Crippen LogP contribution in [0, 0.1) is 6.92 Å². The van der Waals surface area contributed by atoms with E-state index in [2.05, 4.69) is 5.10 Å². The molecule has 1 aromatic carbocycles. The molecule has 1 amide bonds. The fourth-order valence-electron chi connectivity index (χ4n) is 2.75. The fraction of sp³-hybridized carbons (Fsp3) is 0.125. The first-order valence-corrected chi connectivity index (χ1v) is 9.35. The van der Waals surface area contributed by atoms with Gasteiger partial charge in [-0.15, -0.1) is 0 Å². The largest absolute Gasteiger partial charge is 0.464 e. The normalized spacial score (nSPS) is 12.1. The molecule has 136 valence electrons. The number of carboxylic acid groups (broad SMARTS) is 1. The molecule has 0 atom stereocenters. The van der Waals surface area contributed by atoms with Crippen LogP contribution in [0.4, 0.5) is 4.79 Å². The number of carbonyl (C=O) groups is 1. The molecule has 0 spiro atoms. The zero-order valence-electron chi connectivity index (χ0n) is 13.8. The molecule has 0 saturated carbocycles. The molecule has 2 aromatic heterocycles. The first-order chi connectivity index (χ1) is 12.2. The van der Waals surface area contributed by atoms with Gasteiger partial charge in [0, 0.05) is 29.2 Å². The van der Waals surface area contributed by atoms with Crippen LogP contribution in [0.15, 0.2) is 35.9 Å². The van der Waals surface area contributed by atoms with Gasteiger partial charge in [-0.25, -0.2) is 17.9 Å². The number of rotatable bonds is 4. The van der Waals surface area contributed by atoms with Gasteiger partial charge in [-0.05, 0) is 37.3 Å². The van der Waals surface area contributed by atoms with E-state index in [0.717, 1.165) is 16.3 Å². The summed E-state index contributed by atoms with van der Waals surface area (Å²) in [4.78, 5) is 10.6. The highest BCUT2D eigenvalue weighted by molar-refractivity contribution is 7.93. The maximum Gasteiger partial charge on any atom is 0.418 e. The number of nitrogens with zero attached hydrogens (tertiary/aromatic N) is 3. The predicted octanol–water partition coefficient (Wildman–Crippen LogP) is 2.89. The smallest absolute Gasteiger partial charge is 0.418 e. The second-order valence-electron chi connectivity index (χ2n) is 5.59. The molecule has 3 rings (SSSR count). The van der Waals surface area contributed by atoms with Gasteiger partial charge in [0.1, 0.15) is 5.82 Å². The first kappa shape index (κ1) is 18.0. The molecule has 10 heteroatoms. The zero-order valence-corrected chi connectivity index (χ0v) is 15.4. The molecule has 0 saturated heterocycles. The topological polar surface area (TPSA) is 106 Å². The Hall–Kier alpha value is -2.78. The molecular formula is C16H15ClN4O4S. The fourth-order valence-corrected chi connectivity index (χ4v) is 3.56. The molecule has 0 bridgehead atoms. The van der Waals surface area contributed by atoms with Crippen LogP contribution < -0.4 is 4.72 Å². The van der Waals surface area contributed by atoms with Gasteiger partial charge in [0.2, 0.25) is 0 Å². The molecule has 0 aliphatic heterocycles. The number of aryl methyl sites for hydroxylation is 2. The molecule has 2 N–H and O–H groups in total. The van der Waals surface area contributed by atoms with Crippen molar-refractivity contribution in [2.24, 2.45) is 7.05 Å². The quantitative estimate of drug-likeness (QED) is 0.707. The summed E-state index contributed by atoms with van der Waals surface area (Å²) in [5.41, 5.74) is 2.02. The second-order valence-corrected chi connectivity index (χ2v) is 7.59. The van der Waals surface area contributed by atoms with Crippen molar-refractivity contribution in [3.05, 3.63) is 52.2 Å². The summed E-state index contributed by atoms with van der Waals surface area (Å²) in [6, 6.07) is 7.34. The van der Waals surface area contributed by atoms with Crippen LogP contribution in [-0.4, -0.2) is 34.0 Å². The number of fused-ring (bicyclic) bond motifs is 1. The van der Waals surface area contributed by atoms with Crippen molar-refractivity contribution in [2.75, 3.05) is 0 Å². The predicted molar refractivity (Wildman–Crippen MR) is 98.9 cm³/mol. The van der Waals surface area contributed by atoms with Gasteiger partial charge in [-0.3, -0.25) is 4.68 Å². The Balaban J connectivity index is 2.13. The number of hydrogen-bond acceptors (Lipinski definition) is 4. The lowest BCUT2D eigenvalue weighted by atomic mass is 10.2. The van der Waals surface area contributed by atoms with Crippen LogP contribution in [-0.2, 0) is 17.1 Å². The van der Waals surface area contributed by atoms with E-state index in [-0.39, 0.29) is 0 Å². The molecule has 26 heavy (non-hydrogen) atoms. The van der Waals surface area contributed by atoms with E-state index in [1.165, 1.54) is 10.8 Å². The van der Waals surface area contributed by atoms with Crippen LogP contribution in [0.1, 0.15) is 11.3 Å². The van der Waals surface area contributed by atoms with Crippen LogP contribution >= 0.6 is 11.6 Å². The summed E-state index contributed by atoms with van der Waals surface area (Å²) < 4.78 is 28.5. The van der Waals surface area contributed by atoms with E-state index in [1.54, 1.807) is 24.7 Å². The van der Waals surface area contributed by atoms with E-state index >= 15 is 0 Å². The summed E-state index contributed by atoms with van der Waals surface area (Å²) in [5, 5.41) is 15.3. The third-order valence-corrected chi connectivity index (χ3v) is 4.95. The SMILES string of the molecule is Cc1nn(C)c(-n2ccc3cc(Cl)ccc32)c1/C=C/S(=O)(=O)NC(=O)O. The lowest BCUT2D eigenvalue weighted by Gasteiger charge is -2.08. The molecule has 0 aliphatic carbocycles. The standard InChI is InChI=1S/C16H15ClN4O4S/c1-10-13(6-8-26(24,25)19-16(22)23)15(20(2)18-10)21-7-5-11-9-12(17)3-4-14(11)21/h3-9,19H,1-2H3,(H,22,23)/b8-6+. The van der Waals surface area contributed by atoms with Crippen LogP contribution in [0.5, 0.6) is 0 Å². The summed E-state index contributed by atoms with van der Waals surface area (Å²) in [5.74, 6) is 0.640. The monoisotopic (exact) mass is 394 g/mol. The van der Waals surface area contributed by atoms with Gasteiger partial charge in [-0.1, -0.05) is 11.6 Å². The van der Waals surface area contributed by atoms with Gasteiger partial charge in [0.25, 0.3) is 10.0 Å². The summed E-state index contributed by atoms with van der Waals surface area (Å²) in [7, 11) is -2.37. The molecule has 8 nitrogen and oxygen atoms in total. The Morgan fingerprint density at radius 3 is 2.77 bits per heavy atom. The Bertz CT molecular complexity index is 1140. The van der Waals surface area contributed by atoms with E-state index in [1.807, 2.05) is 29.0 Å². The number of hydrogen-bond donors (Lipinski definition) is 2. The molecule has 2 heterocycles. The Morgan fingerprint density at radius 2 is 2.08 bits per heavy atom. The molecule has 0 aliphatic rings. The minimum Gasteiger partial charge on any atom is -0.464 e. The summed E-state index contributed by atoms with van der Waals surface area (Å²) >= 11 is 6.02. The number of halogens is 1. The van der Waals surface area contributed by atoms with Crippen molar-refractivity contribution in [1.29, 1.82) is 0 Å². The Kier molecular flexibility index (Phi) is 4.51. The van der Waals surface area contributed by atoms with Crippen LogP contribution in [0.2, 0.25) is 5.02 Å². The van der Waals surface area contributed by atoms with Crippen molar-refractivity contribution < 1.29 is 18.3 Å². The summed E-state index contributed by atoms with van der Waals surface area (Å²) in [6.07, 6.45) is 1.51. The van der Waals surface area contributed by atoms with Gasteiger partial charge in [0.15, 0.2) is 0 Å². The van der Waals surface area contributed by atoms with E-state index < -0.39 is 16.1 Å². The highest BCUT2D eigenvalue weighted by atomic mass is 35.5. The summed E-state index contributed by atoms with van der Waals surface area (Å²) in [6.45, 7) is 1.74. The molecule has 0 fully saturated rings. The lowest BCUT2D eigenvalue weighted by molar-refractivity contribution is 0.201. The number of sulfonamides is 1. The van der Waals surface area contributed by atoms with Gasteiger partial charge in [0.05, 0.1) is 16.6 Å². The van der Waals surface area contributed by atoms with E-state index in [4.69, 9.17) is 16.7 Å². The number of aromatic nitrogens is 3. The highest BCUT2D eigenvalue weighted by Crippen LogP contribution is 2.27. The average molecular weight is 395 g/mol. The van der Waals surface area contributed by atoms with Crippen molar-refractivity contribution in [1.82, 2.24) is 19.1 Å². The number of benzene rings is 1. The Morgan fingerprint density at radius 1 is 1.35 bits per heavy atom. The maximum absolute atomic E-state index is 11.8. The van der Waals surface area contributed by atoms with Crippen molar-refractivity contribution >= 4 is 44.7 Å². The molecule has 0 radical (unpaired) electrons. The zero-order chi connectivity index (χ0) is 19.1. The Labute approximate surface area is 154 Å². The minimum absolute atomic E-state index is 0.552. The lowest BCUT2D eigenvalue weighted by Crippen LogP contribution is -2.26. The second kappa shape index (κ2) is 6.50. The third-order valence-electron chi connectivity index (χ3n) is 3.76. The maximum atomic E-state index is 11.8. The number of nitrogens with one attached hydrogen (secondary N) is 1. The van der Waals surface area contributed by atoms with Crippen molar-refractivity contribution in [3.63, 3.8) is 0 Å². The average Bonchev–Trinajstić information content (AvgIpc) is 3.03. The minimum atomic E-state index is -4.11. The first-order valence-electron chi connectivity index (χ1n) is 7.42.